The molecule has 0 radical (unpaired) electrons. The highest BCUT2D eigenvalue weighted by molar-refractivity contribution is 5.47. The fourth-order valence-electron chi connectivity index (χ4n) is 0.942. The third-order valence-corrected chi connectivity index (χ3v) is 1.56. The first kappa shape index (κ1) is 8.02. The summed E-state index contributed by atoms with van der Waals surface area (Å²) in [4.78, 5) is 0. The zero-order chi connectivity index (χ0) is 8.10. The maximum atomic E-state index is 4.04. The van der Waals surface area contributed by atoms with Crippen LogP contribution in [0.4, 0.5) is 0 Å². The Labute approximate surface area is 67.8 Å². The zero-order valence-corrected chi connectivity index (χ0v) is 6.75. The van der Waals surface area contributed by atoms with Gasteiger partial charge in [0, 0.05) is 0 Å². The van der Waals surface area contributed by atoms with Crippen molar-refractivity contribution in [1.29, 1.82) is 0 Å². The van der Waals surface area contributed by atoms with E-state index in [2.05, 4.69) is 24.0 Å². The molecule has 1 aromatic carbocycles. The van der Waals surface area contributed by atoms with Crippen molar-refractivity contribution in [3.63, 3.8) is 0 Å². The highest BCUT2D eigenvalue weighted by atomic mass is 14.8. The zero-order valence-electron chi connectivity index (χ0n) is 6.75. The average Bonchev–Trinajstić information content (AvgIpc) is 2.07. The summed E-state index contributed by atoms with van der Waals surface area (Å²) in [5.74, 6) is 0. The average molecular weight is 146 g/mol. The maximum Gasteiger partial charge on any atom is -0.0262 e. The molecule has 0 amide bonds. The fraction of sp³-hybridized carbons (Fsp3) is 0.200. The van der Waals surface area contributed by atoms with Crippen LogP contribution >= 0.6 is 0 Å². The molecule has 0 unspecified atom stereocenters. The van der Waals surface area contributed by atoms with E-state index < -0.39 is 0 Å². The maximum absolute atomic E-state index is 4.04. The fourth-order valence-corrected chi connectivity index (χ4v) is 0.942. The topological polar surface area (TPSA) is 14.1 Å². The van der Waals surface area contributed by atoms with Gasteiger partial charge in [0.2, 0.25) is 0 Å². The number of benzene rings is 1. The second-order valence-corrected chi connectivity index (χ2v) is 2.42. The Hall–Kier alpha value is -1.08. The molecule has 1 heteroatoms. The van der Waals surface area contributed by atoms with E-state index in [1.165, 1.54) is 5.56 Å². The summed E-state index contributed by atoms with van der Waals surface area (Å²) in [6.45, 7) is 4.49. The monoisotopic (exact) mass is 146 g/mol. The highest BCUT2D eigenvalue weighted by Crippen LogP contribution is 2.07. The molecule has 0 saturated heterocycles. The molecule has 0 heterocycles. The van der Waals surface area contributed by atoms with Gasteiger partial charge in [0.25, 0.3) is 0 Å². The van der Waals surface area contributed by atoms with Crippen molar-refractivity contribution in [3.05, 3.63) is 47.3 Å². The van der Waals surface area contributed by atoms with Gasteiger partial charge in [0.05, 0.1) is 0 Å². The van der Waals surface area contributed by atoms with Crippen molar-refractivity contribution >= 4 is 6.08 Å². The quantitative estimate of drug-likeness (QED) is 0.622. The van der Waals surface area contributed by atoms with Crippen molar-refractivity contribution in [2.24, 2.45) is 0 Å². The van der Waals surface area contributed by atoms with Crippen LogP contribution in [0.1, 0.15) is 11.1 Å². The van der Waals surface area contributed by atoms with Gasteiger partial charge in [0.15, 0.2) is 0 Å². The second-order valence-electron chi connectivity index (χ2n) is 2.42. The van der Waals surface area contributed by atoms with Crippen LogP contribution in [-0.4, -0.2) is 7.05 Å². The Morgan fingerprint density at radius 1 is 1.36 bits per heavy atom. The number of hydrogen-bond acceptors (Lipinski definition) is 0. The van der Waals surface area contributed by atoms with Crippen LogP contribution in [0.15, 0.2) is 30.8 Å². The van der Waals surface area contributed by atoms with Gasteiger partial charge in [-0.2, -0.15) is 7.05 Å². The minimum atomic E-state index is 0.803. The Morgan fingerprint density at radius 3 is 2.45 bits per heavy atom. The molecule has 0 bridgehead atoms. The van der Waals surface area contributed by atoms with Crippen LogP contribution in [0.2, 0.25) is 0 Å². The smallest absolute Gasteiger partial charge is 0.0262 e. The third kappa shape index (κ3) is 2.20. The second kappa shape index (κ2) is 3.94. The first-order valence-electron chi connectivity index (χ1n) is 3.64. The summed E-state index contributed by atoms with van der Waals surface area (Å²) >= 11 is 0. The molecule has 0 atom stereocenters. The Bertz CT molecular complexity index is 223. The van der Waals surface area contributed by atoms with Gasteiger partial charge < -0.3 is 5.32 Å². The van der Waals surface area contributed by atoms with E-state index in [9.17, 15) is 0 Å². The summed E-state index contributed by atoms with van der Waals surface area (Å²) < 4.78 is 0. The van der Waals surface area contributed by atoms with E-state index in [1.807, 2.05) is 25.3 Å². The normalized spacial score (nSPS) is 9.55. The van der Waals surface area contributed by atoms with Crippen molar-refractivity contribution < 1.29 is 0 Å². The van der Waals surface area contributed by atoms with E-state index in [0.29, 0.717) is 0 Å². The molecule has 1 aromatic rings. The van der Waals surface area contributed by atoms with Crippen LogP contribution in [0.25, 0.3) is 11.4 Å². The van der Waals surface area contributed by atoms with Gasteiger partial charge in [-0.05, 0) is 5.56 Å². The van der Waals surface area contributed by atoms with Gasteiger partial charge in [0.1, 0.15) is 0 Å². The molecule has 1 nitrogen and oxygen atoms in total. The Balaban J connectivity index is 2.74. The van der Waals surface area contributed by atoms with Gasteiger partial charge in [-0.15, -0.1) is 6.54 Å². The van der Waals surface area contributed by atoms with Crippen molar-refractivity contribution in [3.8, 4) is 0 Å². The first-order chi connectivity index (χ1) is 5.36. The SMILES string of the molecule is C=Cc1ccc(C[N-]C)cc1. The molecule has 0 spiro atoms. The minimum absolute atomic E-state index is 0.803. The van der Waals surface area contributed by atoms with E-state index >= 15 is 0 Å². The van der Waals surface area contributed by atoms with Crippen LogP contribution < -0.4 is 0 Å². The van der Waals surface area contributed by atoms with Crippen molar-refractivity contribution in [1.82, 2.24) is 0 Å². The molecular weight excluding hydrogens is 134 g/mol. The molecule has 0 N–H and O–H groups in total. The van der Waals surface area contributed by atoms with E-state index in [1.54, 1.807) is 0 Å². The first-order valence-corrected chi connectivity index (χ1v) is 3.64. The lowest BCUT2D eigenvalue weighted by atomic mass is 10.1. The van der Waals surface area contributed by atoms with Crippen LogP contribution in [-0.2, 0) is 6.54 Å². The van der Waals surface area contributed by atoms with Crippen LogP contribution in [0.3, 0.4) is 0 Å². The molecule has 0 aromatic heterocycles. The number of hydrogen-bond donors (Lipinski definition) is 0. The summed E-state index contributed by atoms with van der Waals surface area (Å²) in [5, 5.41) is 4.04. The number of nitrogens with zero attached hydrogens (tertiary/aromatic N) is 1. The number of rotatable bonds is 3. The minimum Gasteiger partial charge on any atom is -0.661 e. The van der Waals surface area contributed by atoms with Gasteiger partial charge in [-0.3, -0.25) is 0 Å². The predicted molar refractivity (Wildman–Crippen MR) is 49.5 cm³/mol. The predicted octanol–water partition coefficient (Wildman–Crippen LogP) is 2.83. The molecule has 0 aliphatic rings. The van der Waals surface area contributed by atoms with Crippen molar-refractivity contribution in [2.75, 3.05) is 7.05 Å². The molecule has 58 valence electrons. The third-order valence-electron chi connectivity index (χ3n) is 1.56. The van der Waals surface area contributed by atoms with E-state index in [0.717, 1.165) is 12.1 Å². The molecule has 1 rings (SSSR count). The van der Waals surface area contributed by atoms with Crippen LogP contribution in [0.5, 0.6) is 0 Å². The lowest BCUT2D eigenvalue weighted by Crippen LogP contribution is -1.81. The molecule has 0 aliphatic carbocycles. The summed E-state index contributed by atoms with van der Waals surface area (Å²) in [6.07, 6.45) is 1.84. The lowest BCUT2D eigenvalue weighted by Gasteiger charge is -2.10. The molecule has 0 aliphatic heterocycles. The summed E-state index contributed by atoms with van der Waals surface area (Å²) in [7, 11) is 1.82. The molecule has 11 heavy (non-hydrogen) atoms. The molecule has 0 saturated carbocycles. The van der Waals surface area contributed by atoms with Gasteiger partial charge >= 0.3 is 0 Å². The Kier molecular flexibility index (Phi) is 2.87. The highest BCUT2D eigenvalue weighted by Gasteiger charge is 1.84. The molecular formula is C10H12N-. The van der Waals surface area contributed by atoms with Gasteiger partial charge in [-0.1, -0.05) is 42.5 Å². The summed E-state index contributed by atoms with van der Waals surface area (Å²) in [6, 6.07) is 8.25. The van der Waals surface area contributed by atoms with E-state index in [4.69, 9.17) is 0 Å². The summed E-state index contributed by atoms with van der Waals surface area (Å²) in [5.41, 5.74) is 2.41. The van der Waals surface area contributed by atoms with E-state index in [-0.39, 0.29) is 0 Å². The van der Waals surface area contributed by atoms with Crippen molar-refractivity contribution in [2.45, 2.75) is 6.54 Å². The Morgan fingerprint density at radius 2 is 2.00 bits per heavy atom. The molecule has 0 fully saturated rings. The lowest BCUT2D eigenvalue weighted by molar-refractivity contribution is 1.19. The van der Waals surface area contributed by atoms with Crippen LogP contribution in [0, 0.1) is 0 Å². The standard InChI is InChI=1S/C10H12N/c1-3-9-4-6-10(7-5-9)8-11-2/h3-7H,1,8H2,2H3/q-1. The van der Waals surface area contributed by atoms with Gasteiger partial charge in [-0.25, -0.2) is 0 Å². The largest absolute Gasteiger partial charge is 0.661 e.